The Labute approximate surface area is 106 Å². The fourth-order valence-corrected chi connectivity index (χ4v) is 2.17. The standard InChI is InChI=1S/C14H15N3O/c1-9-3-4-13-11(7-9)12(8-18-13)17-14-5-6-15-10(2)16-14/h3-7,12H,8H2,1-2H3,(H,15,16,17)/t12-/m1/s1. The van der Waals surface area contributed by atoms with E-state index in [0.29, 0.717) is 6.61 Å². The molecular weight excluding hydrogens is 226 g/mol. The van der Waals surface area contributed by atoms with Crippen molar-refractivity contribution in [3.05, 3.63) is 47.4 Å². The number of aryl methyl sites for hydroxylation is 2. The summed E-state index contributed by atoms with van der Waals surface area (Å²) in [4.78, 5) is 8.44. The quantitative estimate of drug-likeness (QED) is 0.878. The maximum Gasteiger partial charge on any atom is 0.130 e. The summed E-state index contributed by atoms with van der Waals surface area (Å²) in [5, 5.41) is 3.39. The van der Waals surface area contributed by atoms with E-state index in [9.17, 15) is 0 Å². The average Bonchev–Trinajstić information content (AvgIpc) is 2.72. The minimum Gasteiger partial charge on any atom is -0.491 e. The third-order valence-corrected chi connectivity index (χ3v) is 3.04. The molecule has 2 aromatic rings. The van der Waals surface area contributed by atoms with E-state index in [1.54, 1.807) is 6.20 Å². The zero-order valence-electron chi connectivity index (χ0n) is 10.5. The number of hydrogen-bond donors (Lipinski definition) is 1. The Morgan fingerprint density at radius 3 is 3.00 bits per heavy atom. The zero-order valence-corrected chi connectivity index (χ0v) is 10.5. The lowest BCUT2D eigenvalue weighted by atomic mass is 10.1. The fourth-order valence-electron chi connectivity index (χ4n) is 2.17. The molecule has 92 valence electrons. The van der Waals surface area contributed by atoms with Crippen molar-refractivity contribution < 1.29 is 4.74 Å². The highest BCUT2D eigenvalue weighted by molar-refractivity contribution is 5.47. The van der Waals surface area contributed by atoms with Crippen LogP contribution < -0.4 is 10.1 Å². The highest BCUT2D eigenvalue weighted by Crippen LogP contribution is 2.34. The van der Waals surface area contributed by atoms with Crippen LogP contribution in [0.4, 0.5) is 5.82 Å². The van der Waals surface area contributed by atoms with Gasteiger partial charge in [0.1, 0.15) is 24.0 Å². The van der Waals surface area contributed by atoms with Gasteiger partial charge >= 0.3 is 0 Å². The first-order chi connectivity index (χ1) is 8.72. The maximum atomic E-state index is 5.66. The molecule has 4 heteroatoms. The zero-order chi connectivity index (χ0) is 12.5. The number of fused-ring (bicyclic) bond motifs is 1. The van der Waals surface area contributed by atoms with Crippen LogP contribution in [0.25, 0.3) is 0 Å². The highest BCUT2D eigenvalue weighted by Gasteiger charge is 2.24. The van der Waals surface area contributed by atoms with E-state index in [-0.39, 0.29) is 6.04 Å². The molecule has 1 aromatic heterocycles. The van der Waals surface area contributed by atoms with E-state index in [0.717, 1.165) is 17.4 Å². The Kier molecular flexibility index (Phi) is 2.63. The van der Waals surface area contributed by atoms with Gasteiger partial charge in [0.05, 0.1) is 6.04 Å². The van der Waals surface area contributed by atoms with E-state index in [2.05, 4.69) is 34.3 Å². The molecule has 0 amide bonds. The molecule has 4 nitrogen and oxygen atoms in total. The molecule has 1 atom stereocenters. The Balaban J connectivity index is 1.86. The normalized spacial score (nSPS) is 17.1. The molecule has 0 aliphatic carbocycles. The molecule has 0 saturated carbocycles. The second-order valence-electron chi connectivity index (χ2n) is 4.54. The van der Waals surface area contributed by atoms with Gasteiger partial charge < -0.3 is 10.1 Å². The summed E-state index contributed by atoms with van der Waals surface area (Å²) in [6.07, 6.45) is 1.76. The molecule has 1 N–H and O–H groups in total. The van der Waals surface area contributed by atoms with Gasteiger partial charge in [0.15, 0.2) is 0 Å². The van der Waals surface area contributed by atoms with Gasteiger partial charge in [-0.25, -0.2) is 9.97 Å². The van der Waals surface area contributed by atoms with E-state index < -0.39 is 0 Å². The van der Waals surface area contributed by atoms with Gasteiger partial charge in [0.25, 0.3) is 0 Å². The maximum absolute atomic E-state index is 5.66. The number of rotatable bonds is 2. The van der Waals surface area contributed by atoms with Crippen LogP contribution in [0.1, 0.15) is 23.0 Å². The number of hydrogen-bond acceptors (Lipinski definition) is 4. The summed E-state index contributed by atoms with van der Waals surface area (Å²) in [6, 6.07) is 8.29. The van der Waals surface area contributed by atoms with Crippen LogP contribution in [0.3, 0.4) is 0 Å². The van der Waals surface area contributed by atoms with Crippen LogP contribution in [0.15, 0.2) is 30.5 Å². The third kappa shape index (κ3) is 2.01. The highest BCUT2D eigenvalue weighted by atomic mass is 16.5. The molecule has 1 aromatic carbocycles. The van der Waals surface area contributed by atoms with Crippen LogP contribution in [-0.2, 0) is 0 Å². The van der Waals surface area contributed by atoms with Gasteiger partial charge in [-0.05, 0) is 26.0 Å². The van der Waals surface area contributed by atoms with Gasteiger partial charge in [-0.3, -0.25) is 0 Å². The van der Waals surface area contributed by atoms with E-state index in [4.69, 9.17) is 4.74 Å². The van der Waals surface area contributed by atoms with Crippen molar-refractivity contribution >= 4 is 5.82 Å². The van der Waals surface area contributed by atoms with Crippen LogP contribution in [0.5, 0.6) is 5.75 Å². The van der Waals surface area contributed by atoms with Crippen molar-refractivity contribution in [2.45, 2.75) is 19.9 Å². The second kappa shape index (κ2) is 4.29. The lowest BCUT2D eigenvalue weighted by Crippen LogP contribution is -2.13. The molecule has 1 aliphatic heterocycles. The first kappa shape index (κ1) is 11.0. The first-order valence-corrected chi connectivity index (χ1v) is 6.02. The van der Waals surface area contributed by atoms with Crippen molar-refractivity contribution in [3.63, 3.8) is 0 Å². The summed E-state index contributed by atoms with van der Waals surface area (Å²) < 4.78 is 5.66. The molecule has 0 unspecified atom stereocenters. The molecule has 18 heavy (non-hydrogen) atoms. The number of anilines is 1. The molecule has 0 radical (unpaired) electrons. The number of benzene rings is 1. The predicted octanol–water partition coefficient (Wildman–Crippen LogP) is 2.64. The van der Waals surface area contributed by atoms with Crippen molar-refractivity contribution in [1.29, 1.82) is 0 Å². The second-order valence-corrected chi connectivity index (χ2v) is 4.54. The van der Waals surface area contributed by atoms with Crippen LogP contribution in [0, 0.1) is 13.8 Å². The lowest BCUT2D eigenvalue weighted by molar-refractivity contribution is 0.339. The molecule has 0 fully saturated rings. The van der Waals surface area contributed by atoms with Gasteiger partial charge in [-0.15, -0.1) is 0 Å². The van der Waals surface area contributed by atoms with Gasteiger partial charge in [0, 0.05) is 11.8 Å². The molecule has 3 rings (SSSR count). The topological polar surface area (TPSA) is 47.0 Å². The summed E-state index contributed by atoms with van der Waals surface area (Å²) in [6.45, 7) is 4.61. The Morgan fingerprint density at radius 1 is 1.28 bits per heavy atom. The van der Waals surface area contributed by atoms with Crippen molar-refractivity contribution in [3.8, 4) is 5.75 Å². The van der Waals surface area contributed by atoms with Gasteiger partial charge in [-0.1, -0.05) is 17.7 Å². The summed E-state index contributed by atoms with van der Waals surface area (Å²) in [5.74, 6) is 2.57. The summed E-state index contributed by atoms with van der Waals surface area (Å²) >= 11 is 0. The van der Waals surface area contributed by atoms with Crippen LogP contribution in [0.2, 0.25) is 0 Å². The van der Waals surface area contributed by atoms with Crippen molar-refractivity contribution in [2.24, 2.45) is 0 Å². The van der Waals surface area contributed by atoms with E-state index in [1.807, 2.05) is 19.1 Å². The van der Waals surface area contributed by atoms with E-state index in [1.165, 1.54) is 11.1 Å². The monoisotopic (exact) mass is 241 g/mol. The third-order valence-electron chi connectivity index (χ3n) is 3.04. The van der Waals surface area contributed by atoms with Gasteiger partial charge in [-0.2, -0.15) is 0 Å². The predicted molar refractivity (Wildman–Crippen MR) is 69.8 cm³/mol. The summed E-state index contributed by atoms with van der Waals surface area (Å²) in [5.41, 5.74) is 2.44. The molecule has 1 aliphatic rings. The minimum absolute atomic E-state index is 0.161. The van der Waals surface area contributed by atoms with Crippen LogP contribution >= 0.6 is 0 Å². The van der Waals surface area contributed by atoms with Crippen LogP contribution in [-0.4, -0.2) is 16.6 Å². The van der Waals surface area contributed by atoms with E-state index >= 15 is 0 Å². The first-order valence-electron chi connectivity index (χ1n) is 6.02. The Bertz CT molecular complexity index is 583. The number of nitrogens with one attached hydrogen (secondary N) is 1. The van der Waals surface area contributed by atoms with Gasteiger partial charge in [0.2, 0.25) is 0 Å². The van der Waals surface area contributed by atoms with Crippen molar-refractivity contribution in [2.75, 3.05) is 11.9 Å². The Hall–Kier alpha value is -2.10. The largest absolute Gasteiger partial charge is 0.491 e. The molecular formula is C14H15N3O. The smallest absolute Gasteiger partial charge is 0.130 e. The fraction of sp³-hybridized carbons (Fsp3) is 0.286. The SMILES string of the molecule is Cc1ccc2c(c1)[C@H](Nc1ccnc(C)n1)CO2. The summed E-state index contributed by atoms with van der Waals surface area (Å²) in [7, 11) is 0. The van der Waals surface area contributed by atoms with Crippen molar-refractivity contribution in [1.82, 2.24) is 9.97 Å². The number of aromatic nitrogens is 2. The minimum atomic E-state index is 0.161. The lowest BCUT2D eigenvalue weighted by Gasteiger charge is -2.12. The molecule has 2 heterocycles. The molecule has 0 spiro atoms. The average molecular weight is 241 g/mol. The number of nitrogens with zero attached hydrogens (tertiary/aromatic N) is 2. The molecule has 0 bridgehead atoms. The Morgan fingerprint density at radius 2 is 2.17 bits per heavy atom. The number of ether oxygens (including phenoxy) is 1. The molecule has 0 saturated heterocycles.